The molecule has 1 N–H and O–H groups in total. The van der Waals surface area contributed by atoms with Crippen molar-refractivity contribution in [2.45, 2.75) is 17.8 Å². The van der Waals surface area contributed by atoms with Crippen molar-refractivity contribution in [2.24, 2.45) is 5.10 Å². The fourth-order valence-corrected chi connectivity index (χ4v) is 3.16. The lowest BCUT2D eigenvalue weighted by Gasteiger charge is -2.07. The second-order valence-electron chi connectivity index (χ2n) is 5.55. The van der Waals surface area contributed by atoms with Crippen molar-refractivity contribution < 1.29 is 14.8 Å². The molecule has 0 aliphatic carbocycles. The van der Waals surface area contributed by atoms with E-state index in [0.29, 0.717) is 16.5 Å². The summed E-state index contributed by atoms with van der Waals surface area (Å²) in [5.41, 5.74) is 1.09. The molecule has 3 rings (SSSR count). The van der Waals surface area contributed by atoms with Crippen molar-refractivity contribution in [2.75, 3.05) is 6.61 Å². The molecule has 0 saturated heterocycles. The first kappa shape index (κ1) is 19.4. The van der Waals surface area contributed by atoms with Gasteiger partial charge >= 0.3 is 5.69 Å². The Hall–Kier alpha value is -3.40. The molecule has 0 unspecified atom stereocenters. The van der Waals surface area contributed by atoms with Crippen LogP contribution >= 0.6 is 11.8 Å². The highest BCUT2D eigenvalue weighted by Gasteiger charge is 2.19. The van der Waals surface area contributed by atoms with E-state index in [0.717, 1.165) is 5.56 Å². The highest BCUT2D eigenvalue weighted by Crippen LogP contribution is 2.36. The molecule has 10 heteroatoms. The predicted octanol–water partition coefficient (Wildman–Crippen LogP) is 3.47. The van der Waals surface area contributed by atoms with Gasteiger partial charge in [-0.3, -0.25) is 10.1 Å². The van der Waals surface area contributed by atoms with Gasteiger partial charge in [-0.05, 0) is 18.6 Å². The topological polar surface area (TPSA) is 116 Å². The highest BCUT2D eigenvalue weighted by molar-refractivity contribution is 7.98. The maximum atomic E-state index is 11.2. The number of phenolic OH excluding ortho intramolecular Hbond substituents is 1. The van der Waals surface area contributed by atoms with Crippen LogP contribution in [-0.2, 0) is 5.75 Å². The number of nitro groups is 1. The van der Waals surface area contributed by atoms with Crippen LogP contribution in [0.2, 0.25) is 0 Å². The van der Waals surface area contributed by atoms with Gasteiger partial charge in [0.2, 0.25) is 10.9 Å². The number of thioether (sulfide) groups is 1. The number of hydrogen-bond donors (Lipinski definition) is 1. The summed E-state index contributed by atoms with van der Waals surface area (Å²) < 4.78 is 6.74. The lowest BCUT2D eigenvalue weighted by Crippen LogP contribution is -1.98. The predicted molar refractivity (Wildman–Crippen MR) is 105 cm³/mol. The molecule has 0 spiro atoms. The summed E-state index contributed by atoms with van der Waals surface area (Å²) in [6.45, 7) is 1.98. The summed E-state index contributed by atoms with van der Waals surface area (Å²) in [5, 5.41) is 33.9. The zero-order chi connectivity index (χ0) is 19.9. The quantitative estimate of drug-likeness (QED) is 0.267. The summed E-state index contributed by atoms with van der Waals surface area (Å²) in [4.78, 5) is 10.5. The van der Waals surface area contributed by atoms with E-state index in [1.165, 1.54) is 41.1 Å². The number of aromatic hydroxyl groups is 1. The Morgan fingerprint density at radius 1 is 1.36 bits per heavy atom. The van der Waals surface area contributed by atoms with Crippen molar-refractivity contribution in [1.82, 2.24) is 14.9 Å². The second kappa shape index (κ2) is 9.00. The number of benzene rings is 2. The standard InChI is InChI=1S/C18H17N5O4S/c1-2-27-16-9-14(8-15(17(16)24)23(25)26)10-20-22-12-19-21-18(22)28-11-13-6-4-3-5-7-13/h3-10,12,24H,2,11H2,1H3. The van der Waals surface area contributed by atoms with E-state index in [-0.39, 0.29) is 12.4 Å². The number of hydrogen-bond acceptors (Lipinski definition) is 8. The zero-order valence-corrected chi connectivity index (χ0v) is 15.7. The molecule has 0 aliphatic rings. The van der Waals surface area contributed by atoms with E-state index < -0.39 is 16.4 Å². The summed E-state index contributed by atoms with van der Waals surface area (Å²) in [5.74, 6) is 0.224. The summed E-state index contributed by atoms with van der Waals surface area (Å²) in [6.07, 6.45) is 2.87. The first-order valence-electron chi connectivity index (χ1n) is 8.33. The Balaban J connectivity index is 1.80. The fraction of sp³-hybridized carbons (Fsp3) is 0.167. The van der Waals surface area contributed by atoms with Crippen molar-refractivity contribution in [1.29, 1.82) is 0 Å². The van der Waals surface area contributed by atoms with Gasteiger partial charge in [0.05, 0.1) is 17.7 Å². The first-order valence-corrected chi connectivity index (χ1v) is 9.32. The van der Waals surface area contributed by atoms with Crippen LogP contribution in [0.15, 0.2) is 59.0 Å². The van der Waals surface area contributed by atoms with Crippen LogP contribution in [0.25, 0.3) is 0 Å². The minimum Gasteiger partial charge on any atom is -0.500 e. The lowest BCUT2D eigenvalue weighted by atomic mass is 10.2. The van der Waals surface area contributed by atoms with Gasteiger partial charge in [-0.2, -0.15) is 9.78 Å². The Bertz CT molecular complexity index is 991. The van der Waals surface area contributed by atoms with Crippen LogP contribution in [0.4, 0.5) is 5.69 Å². The van der Waals surface area contributed by atoms with E-state index in [1.54, 1.807) is 6.92 Å². The molecule has 0 aliphatic heterocycles. The molecule has 2 aromatic carbocycles. The van der Waals surface area contributed by atoms with Crippen molar-refractivity contribution in [3.05, 3.63) is 70.0 Å². The van der Waals surface area contributed by atoms with Gasteiger partial charge in [0.1, 0.15) is 6.33 Å². The average Bonchev–Trinajstić information content (AvgIpc) is 3.15. The highest BCUT2D eigenvalue weighted by atomic mass is 32.2. The van der Waals surface area contributed by atoms with Gasteiger partial charge in [0.15, 0.2) is 5.75 Å². The SMILES string of the molecule is CCOc1cc(C=Nn2cnnc2SCc2ccccc2)cc([N+](=O)[O-])c1O. The molecule has 0 amide bonds. The van der Waals surface area contributed by atoms with Gasteiger partial charge in [-0.25, -0.2) is 0 Å². The Labute approximate surface area is 164 Å². The van der Waals surface area contributed by atoms with Crippen LogP contribution in [0.3, 0.4) is 0 Å². The zero-order valence-electron chi connectivity index (χ0n) is 14.9. The number of nitrogens with zero attached hydrogens (tertiary/aromatic N) is 5. The molecule has 1 heterocycles. The van der Waals surface area contributed by atoms with Crippen molar-refractivity contribution in [3.8, 4) is 11.5 Å². The number of phenols is 1. The van der Waals surface area contributed by atoms with E-state index in [2.05, 4.69) is 15.3 Å². The van der Waals surface area contributed by atoms with Crippen LogP contribution in [0, 0.1) is 10.1 Å². The van der Waals surface area contributed by atoms with Gasteiger partial charge in [-0.15, -0.1) is 10.2 Å². The monoisotopic (exact) mass is 399 g/mol. The Kier molecular flexibility index (Phi) is 6.22. The molecule has 0 bridgehead atoms. The fourth-order valence-electron chi connectivity index (χ4n) is 2.34. The van der Waals surface area contributed by atoms with E-state index in [1.807, 2.05) is 30.3 Å². The average molecular weight is 399 g/mol. The van der Waals surface area contributed by atoms with E-state index in [4.69, 9.17) is 4.74 Å². The third kappa shape index (κ3) is 4.65. The summed E-state index contributed by atoms with van der Waals surface area (Å²) in [7, 11) is 0. The summed E-state index contributed by atoms with van der Waals surface area (Å²) in [6, 6.07) is 12.6. The molecular formula is C18H17N5O4S. The molecule has 0 saturated carbocycles. The molecule has 3 aromatic rings. The molecule has 144 valence electrons. The van der Waals surface area contributed by atoms with Gasteiger partial charge < -0.3 is 9.84 Å². The molecule has 1 aromatic heterocycles. The smallest absolute Gasteiger partial charge is 0.315 e. The maximum Gasteiger partial charge on any atom is 0.315 e. The molecule has 9 nitrogen and oxygen atoms in total. The minimum atomic E-state index is -0.672. The number of rotatable bonds is 8. The van der Waals surface area contributed by atoms with Crippen LogP contribution in [0.1, 0.15) is 18.1 Å². The van der Waals surface area contributed by atoms with Crippen molar-refractivity contribution >= 4 is 23.7 Å². The van der Waals surface area contributed by atoms with Gasteiger partial charge in [0.25, 0.3) is 0 Å². The van der Waals surface area contributed by atoms with Gasteiger partial charge in [0, 0.05) is 17.4 Å². The van der Waals surface area contributed by atoms with Crippen LogP contribution < -0.4 is 4.74 Å². The normalized spacial score (nSPS) is 11.0. The van der Waals surface area contributed by atoms with Crippen LogP contribution in [-0.4, -0.2) is 37.7 Å². The third-order valence-corrected chi connectivity index (χ3v) is 4.62. The van der Waals surface area contributed by atoms with Crippen LogP contribution in [0.5, 0.6) is 11.5 Å². The number of nitro benzene ring substituents is 1. The first-order chi connectivity index (χ1) is 13.6. The molecular weight excluding hydrogens is 382 g/mol. The molecule has 28 heavy (non-hydrogen) atoms. The van der Waals surface area contributed by atoms with Gasteiger partial charge in [-0.1, -0.05) is 42.1 Å². The lowest BCUT2D eigenvalue weighted by molar-refractivity contribution is -0.386. The molecule has 0 atom stereocenters. The number of aromatic nitrogens is 3. The Morgan fingerprint density at radius 3 is 2.86 bits per heavy atom. The third-order valence-electron chi connectivity index (χ3n) is 3.62. The summed E-state index contributed by atoms with van der Waals surface area (Å²) >= 11 is 1.47. The number of ether oxygens (including phenoxy) is 1. The second-order valence-corrected chi connectivity index (χ2v) is 6.50. The van der Waals surface area contributed by atoms with E-state index in [9.17, 15) is 15.2 Å². The molecule has 0 fully saturated rings. The largest absolute Gasteiger partial charge is 0.500 e. The van der Waals surface area contributed by atoms with Crippen molar-refractivity contribution in [3.63, 3.8) is 0 Å². The van der Waals surface area contributed by atoms with E-state index >= 15 is 0 Å². The minimum absolute atomic E-state index is 0.0283. The maximum absolute atomic E-state index is 11.2. The Morgan fingerprint density at radius 2 is 2.14 bits per heavy atom. The molecule has 0 radical (unpaired) electrons.